The van der Waals surface area contributed by atoms with Gasteiger partial charge in [0.15, 0.2) is 0 Å². The van der Waals surface area contributed by atoms with Gasteiger partial charge in [-0.05, 0) is 38.4 Å². The fourth-order valence-electron chi connectivity index (χ4n) is 1.90. The zero-order valence-corrected chi connectivity index (χ0v) is 9.49. The molecule has 1 saturated heterocycles. The van der Waals surface area contributed by atoms with Crippen molar-refractivity contribution in [3.63, 3.8) is 0 Å². The summed E-state index contributed by atoms with van der Waals surface area (Å²) in [7, 11) is 0. The van der Waals surface area contributed by atoms with Gasteiger partial charge in [0.1, 0.15) is 17.9 Å². The fourth-order valence-corrected chi connectivity index (χ4v) is 1.90. The largest absolute Gasteiger partial charge is 0.491 e. The number of benzene rings is 1. The molecule has 16 heavy (non-hydrogen) atoms. The van der Waals surface area contributed by atoms with E-state index in [2.05, 4.69) is 11.4 Å². The lowest BCUT2D eigenvalue weighted by molar-refractivity contribution is 0.238. The summed E-state index contributed by atoms with van der Waals surface area (Å²) in [6.07, 6.45) is 1.92. The predicted molar refractivity (Wildman–Crippen MR) is 62.3 cm³/mol. The molecule has 3 nitrogen and oxygen atoms in total. The number of hydrogen-bond donors (Lipinski definition) is 1. The maximum Gasteiger partial charge on any atom is 0.141 e. The van der Waals surface area contributed by atoms with E-state index in [1.807, 2.05) is 31.2 Å². The summed E-state index contributed by atoms with van der Waals surface area (Å²) in [6.45, 7) is 3.37. The first kappa shape index (κ1) is 11.0. The zero-order valence-electron chi connectivity index (χ0n) is 9.49. The maximum absolute atomic E-state index is 9.15. The van der Waals surface area contributed by atoms with Gasteiger partial charge in [0.05, 0.1) is 6.07 Å². The first-order valence-electron chi connectivity index (χ1n) is 5.60. The van der Waals surface area contributed by atoms with E-state index in [4.69, 9.17) is 10.00 Å². The molecule has 0 radical (unpaired) electrons. The Bertz CT molecular complexity index is 385. The summed E-state index contributed by atoms with van der Waals surface area (Å²) in [5.74, 6) is 0.828. The molecule has 1 aliphatic rings. The number of nitriles is 1. The van der Waals surface area contributed by atoms with Crippen LogP contribution in [0.5, 0.6) is 5.75 Å². The van der Waals surface area contributed by atoms with Crippen LogP contribution in [-0.4, -0.2) is 18.7 Å². The minimum absolute atomic E-state index is 0.423. The van der Waals surface area contributed by atoms with Gasteiger partial charge in [0.25, 0.3) is 0 Å². The normalized spacial score (nSPS) is 24.0. The van der Waals surface area contributed by atoms with Crippen LogP contribution in [0.1, 0.15) is 18.4 Å². The van der Waals surface area contributed by atoms with Crippen molar-refractivity contribution in [3.05, 3.63) is 29.8 Å². The van der Waals surface area contributed by atoms with Gasteiger partial charge in [0, 0.05) is 0 Å². The molecular weight excluding hydrogens is 200 g/mol. The summed E-state index contributed by atoms with van der Waals surface area (Å²) >= 11 is 0. The van der Waals surface area contributed by atoms with Crippen molar-refractivity contribution in [1.82, 2.24) is 5.32 Å². The van der Waals surface area contributed by atoms with Crippen LogP contribution in [0, 0.1) is 18.3 Å². The maximum atomic E-state index is 9.15. The molecule has 1 aliphatic heterocycles. The average Bonchev–Trinajstić information content (AvgIpc) is 2.78. The van der Waals surface area contributed by atoms with E-state index in [0.717, 1.165) is 25.1 Å². The highest BCUT2D eigenvalue weighted by Gasteiger charge is 2.34. The van der Waals surface area contributed by atoms with Gasteiger partial charge in [-0.2, -0.15) is 5.26 Å². The molecule has 1 fully saturated rings. The Morgan fingerprint density at radius 1 is 1.44 bits per heavy atom. The van der Waals surface area contributed by atoms with Crippen LogP contribution in [0.2, 0.25) is 0 Å². The highest BCUT2D eigenvalue weighted by Crippen LogP contribution is 2.20. The molecule has 1 atom stereocenters. The fraction of sp³-hybridized carbons (Fsp3) is 0.462. The number of aryl methyl sites for hydroxylation is 1. The molecular formula is C13H16N2O. The Labute approximate surface area is 96.0 Å². The summed E-state index contributed by atoms with van der Waals surface area (Å²) < 4.78 is 5.65. The molecule has 0 bridgehead atoms. The first-order chi connectivity index (χ1) is 7.74. The van der Waals surface area contributed by atoms with Gasteiger partial charge in [-0.1, -0.05) is 17.7 Å². The lowest BCUT2D eigenvalue weighted by atomic mass is 10.0. The SMILES string of the molecule is Cc1ccc(OCC2(C#N)CCCN2)cc1. The standard InChI is InChI=1S/C13H16N2O/c1-11-3-5-12(6-4-11)16-10-13(9-14)7-2-8-15-13/h3-6,15H,2,7-8,10H2,1H3. The van der Waals surface area contributed by atoms with Crippen molar-refractivity contribution in [2.45, 2.75) is 25.3 Å². The quantitative estimate of drug-likeness (QED) is 0.840. The van der Waals surface area contributed by atoms with E-state index in [1.54, 1.807) is 0 Å². The smallest absolute Gasteiger partial charge is 0.141 e. The summed E-state index contributed by atoms with van der Waals surface area (Å²) in [5, 5.41) is 12.4. The number of nitrogens with one attached hydrogen (secondary N) is 1. The van der Waals surface area contributed by atoms with Crippen LogP contribution in [0.3, 0.4) is 0 Å². The Morgan fingerprint density at radius 3 is 2.75 bits per heavy atom. The van der Waals surface area contributed by atoms with Crippen LogP contribution >= 0.6 is 0 Å². The number of hydrogen-bond acceptors (Lipinski definition) is 3. The van der Waals surface area contributed by atoms with E-state index in [0.29, 0.717) is 6.61 Å². The third-order valence-electron chi connectivity index (χ3n) is 2.96. The summed E-state index contributed by atoms with van der Waals surface area (Å²) in [6, 6.07) is 10.2. The van der Waals surface area contributed by atoms with E-state index in [1.165, 1.54) is 5.56 Å². The molecule has 3 heteroatoms. The summed E-state index contributed by atoms with van der Waals surface area (Å²) in [4.78, 5) is 0. The van der Waals surface area contributed by atoms with Gasteiger partial charge >= 0.3 is 0 Å². The van der Waals surface area contributed by atoms with Gasteiger partial charge in [-0.25, -0.2) is 0 Å². The lowest BCUT2D eigenvalue weighted by Crippen LogP contribution is -2.43. The second-order valence-corrected chi connectivity index (χ2v) is 4.33. The van der Waals surface area contributed by atoms with E-state index < -0.39 is 5.54 Å². The van der Waals surface area contributed by atoms with Gasteiger partial charge < -0.3 is 4.74 Å². The van der Waals surface area contributed by atoms with Crippen LogP contribution < -0.4 is 10.1 Å². The topological polar surface area (TPSA) is 45.0 Å². The van der Waals surface area contributed by atoms with Crippen LogP contribution in [0.15, 0.2) is 24.3 Å². The molecule has 1 unspecified atom stereocenters. The molecule has 0 aliphatic carbocycles. The lowest BCUT2D eigenvalue weighted by Gasteiger charge is -2.21. The first-order valence-corrected chi connectivity index (χ1v) is 5.60. The molecule has 1 N–H and O–H groups in total. The summed E-state index contributed by atoms with van der Waals surface area (Å²) in [5.41, 5.74) is 0.728. The van der Waals surface area contributed by atoms with Crippen molar-refractivity contribution < 1.29 is 4.74 Å². The highest BCUT2D eigenvalue weighted by atomic mass is 16.5. The number of rotatable bonds is 3. The van der Waals surface area contributed by atoms with Gasteiger partial charge in [-0.15, -0.1) is 0 Å². The number of nitrogens with zero attached hydrogens (tertiary/aromatic N) is 1. The molecule has 1 aromatic rings. The van der Waals surface area contributed by atoms with E-state index in [-0.39, 0.29) is 0 Å². The average molecular weight is 216 g/mol. The molecule has 2 rings (SSSR count). The Balaban J connectivity index is 1.96. The molecule has 1 aromatic carbocycles. The minimum Gasteiger partial charge on any atom is -0.491 e. The van der Waals surface area contributed by atoms with Crippen molar-refractivity contribution in [3.8, 4) is 11.8 Å². The highest BCUT2D eigenvalue weighted by molar-refractivity contribution is 5.26. The second-order valence-electron chi connectivity index (χ2n) is 4.33. The second kappa shape index (κ2) is 4.54. The third-order valence-corrected chi connectivity index (χ3v) is 2.96. The molecule has 0 saturated carbocycles. The van der Waals surface area contributed by atoms with Crippen LogP contribution in [-0.2, 0) is 0 Å². The Hall–Kier alpha value is -1.53. The Kier molecular flexibility index (Phi) is 3.12. The van der Waals surface area contributed by atoms with Crippen LogP contribution in [0.25, 0.3) is 0 Å². The van der Waals surface area contributed by atoms with Crippen molar-refractivity contribution in [2.75, 3.05) is 13.2 Å². The van der Waals surface area contributed by atoms with Crippen molar-refractivity contribution in [1.29, 1.82) is 5.26 Å². The van der Waals surface area contributed by atoms with E-state index in [9.17, 15) is 0 Å². The monoisotopic (exact) mass is 216 g/mol. The molecule has 1 heterocycles. The van der Waals surface area contributed by atoms with Crippen molar-refractivity contribution in [2.24, 2.45) is 0 Å². The Morgan fingerprint density at radius 2 is 2.19 bits per heavy atom. The van der Waals surface area contributed by atoms with Crippen molar-refractivity contribution >= 4 is 0 Å². The number of ether oxygens (including phenoxy) is 1. The van der Waals surface area contributed by atoms with Gasteiger partial charge in [-0.3, -0.25) is 5.32 Å². The van der Waals surface area contributed by atoms with Gasteiger partial charge in [0.2, 0.25) is 0 Å². The van der Waals surface area contributed by atoms with Crippen LogP contribution in [0.4, 0.5) is 0 Å². The molecule has 0 amide bonds. The molecule has 0 aromatic heterocycles. The zero-order chi connectivity index (χ0) is 11.4. The minimum atomic E-state index is -0.481. The predicted octanol–water partition coefficient (Wildman–Crippen LogP) is 2.02. The van der Waals surface area contributed by atoms with E-state index >= 15 is 0 Å². The molecule has 0 spiro atoms. The third kappa shape index (κ3) is 2.34. The molecule has 84 valence electrons.